The Kier molecular flexibility index (Phi) is 3.55. The van der Waals surface area contributed by atoms with Crippen molar-refractivity contribution in [2.45, 2.75) is 49.7 Å². The topological polar surface area (TPSA) is 103 Å². The maximum atomic E-state index is 13.4. The molecule has 2 bridgehead atoms. The Morgan fingerprint density at radius 3 is 2.74 bits per heavy atom. The summed E-state index contributed by atoms with van der Waals surface area (Å²) in [5.41, 5.74) is 21.0. The number of primary amides is 1. The molecule has 4 unspecified atom stereocenters. The van der Waals surface area contributed by atoms with Gasteiger partial charge < -0.3 is 21.4 Å². The number of hydrogen-bond donors (Lipinski definition) is 3. The highest BCUT2D eigenvalue weighted by molar-refractivity contribution is 6.23. The second kappa shape index (κ2) is 6.32. The molecule has 6 nitrogen and oxygen atoms in total. The molecular weight excluding hydrogens is 436 g/mol. The minimum Gasteiger partial charge on any atom is -0.368 e. The molecule has 8 rings (SSSR count). The van der Waals surface area contributed by atoms with Gasteiger partial charge in [0.1, 0.15) is 5.54 Å². The minimum atomic E-state index is -1.05. The SMILES string of the molecule is NC(=O)C1(N)CC2CC1C1CCc3ccccc3-c3c4c(c5c6ccccc6n2c5c31)C(=O)NC4. The fourth-order valence-electron chi connectivity index (χ4n) is 8.04. The molecule has 4 aromatic rings. The van der Waals surface area contributed by atoms with Gasteiger partial charge in [0.15, 0.2) is 0 Å². The van der Waals surface area contributed by atoms with Crippen molar-refractivity contribution in [1.29, 1.82) is 0 Å². The molecule has 5 N–H and O–H groups in total. The normalized spacial score (nSPS) is 27.9. The third-order valence-corrected chi connectivity index (χ3v) is 9.39. The lowest BCUT2D eigenvalue weighted by molar-refractivity contribution is -0.124. The number of aryl methyl sites for hydroxylation is 1. The van der Waals surface area contributed by atoms with Crippen molar-refractivity contribution in [3.8, 4) is 11.1 Å². The molecule has 4 atom stereocenters. The average Bonchev–Trinajstić information content (AvgIpc) is 3.44. The zero-order chi connectivity index (χ0) is 23.6. The summed E-state index contributed by atoms with van der Waals surface area (Å²) in [5.74, 6) is -0.344. The average molecular weight is 463 g/mol. The van der Waals surface area contributed by atoms with E-state index in [0.717, 1.165) is 52.2 Å². The molecular formula is C29H26N4O2. The van der Waals surface area contributed by atoms with Crippen LogP contribution in [0.1, 0.15) is 58.3 Å². The van der Waals surface area contributed by atoms with Gasteiger partial charge in [-0.05, 0) is 71.4 Å². The highest BCUT2D eigenvalue weighted by Gasteiger charge is 2.56. The van der Waals surface area contributed by atoms with Crippen LogP contribution in [0.4, 0.5) is 0 Å². The molecule has 0 saturated heterocycles. The number of para-hydroxylation sites is 1. The molecule has 0 radical (unpaired) electrons. The molecule has 1 fully saturated rings. The Balaban J connectivity index is 1.64. The largest absolute Gasteiger partial charge is 0.368 e. The van der Waals surface area contributed by atoms with Crippen molar-refractivity contribution < 1.29 is 9.59 Å². The third kappa shape index (κ3) is 2.20. The molecule has 0 spiro atoms. The quantitative estimate of drug-likeness (QED) is 0.400. The summed E-state index contributed by atoms with van der Waals surface area (Å²) in [5, 5.41) is 5.29. The van der Waals surface area contributed by atoms with Gasteiger partial charge in [0.05, 0.1) is 11.1 Å². The fraction of sp³-hybridized carbons (Fsp3) is 0.310. The van der Waals surface area contributed by atoms with Crippen LogP contribution in [0.2, 0.25) is 0 Å². The summed E-state index contributed by atoms with van der Waals surface area (Å²) in [7, 11) is 0. The lowest BCUT2D eigenvalue weighted by Gasteiger charge is -2.36. The molecule has 2 amide bonds. The molecule has 3 aromatic carbocycles. The van der Waals surface area contributed by atoms with Crippen LogP contribution in [0, 0.1) is 5.92 Å². The summed E-state index contributed by atoms with van der Waals surface area (Å²) < 4.78 is 2.41. The number of aromatic nitrogens is 1. The summed E-state index contributed by atoms with van der Waals surface area (Å²) in [6, 6.07) is 17.0. The van der Waals surface area contributed by atoms with E-state index in [4.69, 9.17) is 11.5 Å². The third-order valence-electron chi connectivity index (χ3n) is 9.39. The van der Waals surface area contributed by atoms with E-state index in [9.17, 15) is 9.59 Å². The van der Waals surface area contributed by atoms with Gasteiger partial charge in [-0.2, -0.15) is 0 Å². The van der Waals surface area contributed by atoms with Crippen LogP contribution in [0.25, 0.3) is 32.9 Å². The number of nitrogens with two attached hydrogens (primary N) is 2. The number of nitrogens with zero attached hydrogens (tertiary/aromatic N) is 1. The number of carbonyl (C=O) groups excluding carboxylic acids is 2. The van der Waals surface area contributed by atoms with Crippen molar-refractivity contribution in [3.63, 3.8) is 0 Å². The number of nitrogens with one attached hydrogen (secondary N) is 1. The Labute approximate surface area is 202 Å². The molecule has 174 valence electrons. The van der Waals surface area contributed by atoms with Gasteiger partial charge in [-0.25, -0.2) is 0 Å². The maximum absolute atomic E-state index is 13.4. The van der Waals surface area contributed by atoms with Gasteiger partial charge in [0, 0.05) is 28.9 Å². The van der Waals surface area contributed by atoms with Gasteiger partial charge in [0.2, 0.25) is 5.91 Å². The molecule has 1 saturated carbocycles. The van der Waals surface area contributed by atoms with Crippen LogP contribution in [-0.2, 0) is 17.8 Å². The predicted molar refractivity (Wildman–Crippen MR) is 135 cm³/mol. The lowest BCUT2D eigenvalue weighted by atomic mass is 9.71. The van der Waals surface area contributed by atoms with Gasteiger partial charge >= 0.3 is 0 Å². The van der Waals surface area contributed by atoms with E-state index in [1.807, 2.05) is 6.07 Å². The smallest absolute Gasteiger partial charge is 0.252 e. The highest BCUT2D eigenvalue weighted by atomic mass is 16.2. The van der Waals surface area contributed by atoms with Gasteiger partial charge in [-0.3, -0.25) is 9.59 Å². The van der Waals surface area contributed by atoms with E-state index < -0.39 is 11.4 Å². The van der Waals surface area contributed by atoms with Crippen molar-refractivity contribution in [2.75, 3.05) is 0 Å². The van der Waals surface area contributed by atoms with E-state index in [-0.39, 0.29) is 23.8 Å². The van der Waals surface area contributed by atoms with E-state index in [0.29, 0.717) is 13.0 Å². The molecule has 2 aliphatic heterocycles. The van der Waals surface area contributed by atoms with Gasteiger partial charge in [-0.15, -0.1) is 0 Å². The number of fused-ring (bicyclic) bond motifs is 12. The van der Waals surface area contributed by atoms with E-state index in [2.05, 4.69) is 52.3 Å². The number of hydrogen-bond acceptors (Lipinski definition) is 3. The van der Waals surface area contributed by atoms with Crippen LogP contribution < -0.4 is 16.8 Å². The summed E-state index contributed by atoms with van der Waals surface area (Å²) in [6.45, 7) is 0.519. The lowest BCUT2D eigenvalue weighted by Crippen LogP contribution is -2.56. The first kappa shape index (κ1) is 19.6. The first-order valence-corrected chi connectivity index (χ1v) is 12.6. The van der Waals surface area contributed by atoms with Gasteiger partial charge in [0.25, 0.3) is 5.91 Å². The van der Waals surface area contributed by atoms with Crippen LogP contribution in [0.5, 0.6) is 0 Å². The predicted octanol–water partition coefficient (Wildman–Crippen LogP) is 3.88. The monoisotopic (exact) mass is 462 g/mol. The van der Waals surface area contributed by atoms with Crippen LogP contribution >= 0.6 is 0 Å². The molecule has 2 aliphatic carbocycles. The van der Waals surface area contributed by atoms with E-state index >= 15 is 0 Å². The van der Waals surface area contributed by atoms with Crippen LogP contribution in [-0.4, -0.2) is 21.9 Å². The second-order valence-corrected chi connectivity index (χ2v) is 10.8. The van der Waals surface area contributed by atoms with Crippen molar-refractivity contribution in [1.82, 2.24) is 9.88 Å². The van der Waals surface area contributed by atoms with E-state index in [1.165, 1.54) is 22.3 Å². The zero-order valence-electron chi connectivity index (χ0n) is 19.3. The molecule has 3 heterocycles. The van der Waals surface area contributed by atoms with Crippen molar-refractivity contribution in [2.24, 2.45) is 17.4 Å². The first-order valence-electron chi connectivity index (χ1n) is 12.6. The number of rotatable bonds is 1. The number of benzene rings is 3. The zero-order valence-corrected chi connectivity index (χ0v) is 19.3. The Hall–Kier alpha value is -3.64. The Bertz CT molecular complexity index is 1650. The van der Waals surface area contributed by atoms with Crippen molar-refractivity contribution >= 4 is 33.6 Å². The number of amides is 2. The molecule has 1 aromatic heterocycles. The van der Waals surface area contributed by atoms with Crippen LogP contribution in [0.15, 0.2) is 48.5 Å². The fourth-order valence-corrected chi connectivity index (χ4v) is 8.04. The maximum Gasteiger partial charge on any atom is 0.252 e. The first-order chi connectivity index (χ1) is 17.0. The Morgan fingerprint density at radius 1 is 1.09 bits per heavy atom. The number of carbonyl (C=O) groups is 2. The van der Waals surface area contributed by atoms with Gasteiger partial charge in [-0.1, -0.05) is 42.5 Å². The molecule has 35 heavy (non-hydrogen) atoms. The minimum absolute atomic E-state index is 0.00342. The van der Waals surface area contributed by atoms with Crippen molar-refractivity contribution in [3.05, 3.63) is 70.8 Å². The van der Waals surface area contributed by atoms with Crippen LogP contribution in [0.3, 0.4) is 0 Å². The highest BCUT2D eigenvalue weighted by Crippen LogP contribution is 2.60. The Morgan fingerprint density at radius 2 is 1.89 bits per heavy atom. The molecule has 6 heteroatoms. The summed E-state index contributed by atoms with van der Waals surface area (Å²) in [6.07, 6.45) is 3.16. The molecule has 4 aliphatic rings. The second-order valence-electron chi connectivity index (χ2n) is 10.8. The standard InChI is InChI=1S/C29H26N4O2/c30-28(35)29(31)12-15-11-20(29)17-10-9-14-5-1-2-6-16(14)22-19-13-32-27(34)25(19)24-18-7-3-4-8-21(18)33(15)26(24)23(17)22/h1-8,15,17,20H,9-13,31H2,(H2,30,35)(H,32,34). The van der Waals surface area contributed by atoms with E-state index in [1.54, 1.807) is 0 Å². The summed E-state index contributed by atoms with van der Waals surface area (Å²) in [4.78, 5) is 26.2. The summed E-state index contributed by atoms with van der Waals surface area (Å²) >= 11 is 0.